The van der Waals surface area contributed by atoms with Crippen molar-refractivity contribution >= 4 is 43.5 Å². The van der Waals surface area contributed by atoms with Gasteiger partial charge < -0.3 is 14.6 Å². The van der Waals surface area contributed by atoms with Crippen LogP contribution in [0.1, 0.15) is 10.5 Å². The van der Waals surface area contributed by atoms with Gasteiger partial charge in [0.1, 0.15) is 11.4 Å². The van der Waals surface area contributed by atoms with Crippen LogP contribution in [-0.4, -0.2) is 17.6 Å². The SMILES string of the molecule is COc1cc(NC(=O)c2cc(Br)cn2C)ccc1Br. The Morgan fingerprint density at radius 1 is 1.32 bits per heavy atom. The first-order chi connectivity index (χ1) is 9.01. The Morgan fingerprint density at radius 3 is 2.63 bits per heavy atom. The molecule has 2 rings (SSSR count). The summed E-state index contributed by atoms with van der Waals surface area (Å²) in [5.41, 5.74) is 1.26. The molecule has 6 heteroatoms. The van der Waals surface area contributed by atoms with Crippen LogP contribution in [0.3, 0.4) is 0 Å². The molecule has 19 heavy (non-hydrogen) atoms. The van der Waals surface area contributed by atoms with E-state index in [9.17, 15) is 4.79 Å². The Labute approximate surface area is 128 Å². The van der Waals surface area contributed by atoms with Crippen molar-refractivity contribution in [3.05, 3.63) is 45.1 Å². The van der Waals surface area contributed by atoms with E-state index in [0.717, 1.165) is 8.95 Å². The lowest BCUT2D eigenvalue weighted by atomic mass is 10.3. The average Bonchev–Trinajstić information content (AvgIpc) is 2.71. The maximum atomic E-state index is 12.1. The van der Waals surface area contributed by atoms with Gasteiger partial charge in [-0.15, -0.1) is 0 Å². The summed E-state index contributed by atoms with van der Waals surface area (Å²) < 4.78 is 8.66. The number of aryl methyl sites for hydroxylation is 1. The summed E-state index contributed by atoms with van der Waals surface area (Å²) in [5, 5.41) is 2.83. The van der Waals surface area contributed by atoms with E-state index in [1.807, 2.05) is 25.4 Å². The summed E-state index contributed by atoms with van der Waals surface area (Å²) in [6.07, 6.45) is 1.83. The topological polar surface area (TPSA) is 43.3 Å². The van der Waals surface area contributed by atoms with Gasteiger partial charge in [-0.2, -0.15) is 0 Å². The number of hydrogen-bond acceptors (Lipinski definition) is 2. The zero-order valence-corrected chi connectivity index (χ0v) is 13.6. The summed E-state index contributed by atoms with van der Waals surface area (Å²) in [4.78, 5) is 12.1. The van der Waals surface area contributed by atoms with Crippen molar-refractivity contribution in [3.63, 3.8) is 0 Å². The zero-order valence-electron chi connectivity index (χ0n) is 10.4. The van der Waals surface area contributed by atoms with E-state index in [1.54, 1.807) is 23.8 Å². The molecule has 1 aromatic heterocycles. The van der Waals surface area contributed by atoms with E-state index in [-0.39, 0.29) is 5.91 Å². The molecule has 4 nitrogen and oxygen atoms in total. The molecule has 0 saturated heterocycles. The van der Waals surface area contributed by atoms with E-state index >= 15 is 0 Å². The number of nitrogens with zero attached hydrogens (tertiary/aromatic N) is 1. The number of benzene rings is 1. The number of amides is 1. The first kappa shape index (κ1) is 14.1. The molecule has 100 valence electrons. The maximum Gasteiger partial charge on any atom is 0.272 e. The molecule has 1 heterocycles. The Bertz CT molecular complexity index is 623. The number of aromatic nitrogens is 1. The molecule has 0 aliphatic rings. The largest absolute Gasteiger partial charge is 0.495 e. The van der Waals surface area contributed by atoms with Crippen LogP contribution in [0.5, 0.6) is 5.75 Å². The molecule has 1 N–H and O–H groups in total. The number of carbonyl (C=O) groups excluding carboxylic acids is 1. The van der Waals surface area contributed by atoms with Crippen molar-refractivity contribution in [2.75, 3.05) is 12.4 Å². The summed E-state index contributed by atoms with van der Waals surface area (Å²) >= 11 is 6.71. The first-order valence-corrected chi connectivity index (χ1v) is 7.06. The van der Waals surface area contributed by atoms with Crippen LogP contribution >= 0.6 is 31.9 Å². The van der Waals surface area contributed by atoms with Gasteiger partial charge in [0.25, 0.3) is 5.91 Å². The molecular formula is C13H12Br2N2O2. The summed E-state index contributed by atoms with van der Waals surface area (Å²) in [6.45, 7) is 0. The van der Waals surface area contributed by atoms with Gasteiger partial charge in [0.05, 0.1) is 11.6 Å². The van der Waals surface area contributed by atoms with Crippen molar-refractivity contribution < 1.29 is 9.53 Å². The molecule has 0 radical (unpaired) electrons. The van der Waals surface area contributed by atoms with Crippen LogP contribution < -0.4 is 10.1 Å². The molecule has 0 fully saturated rings. The first-order valence-electron chi connectivity index (χ1n) is 5.48. The number of rotatable bonds is 3. The van der Waals surface area contributed by atoms with Crippen molar-refractivity contribution in [2.24, 2.45) is 7.05 Å². The zero-order chi connectivity index (χ0) is 14.0. The van der Waals surface area contributed by atoms with Gasteiger partial charge in [-0.25, -0.2) is 0 Å². The third-order valence-electron chi connectivity index (χ3n) is 2.61. The molecule has 0 atom stereocenters. The number of nitrogens with one attached hydrogen (secondary N) is 1. The lowest BCUT2D eigenvalue weighted by molar-refractivity contribution is 0.101. The summed E-state index contributed by atoms with van der Waals surface area (Å²) in [7, 11) is 3.40. The van der Waals surface area contributed by atoms with Gasteiger partial charge in [-0.1, -0.05) is 0 Å². The van der Waals surface area contributed by atoms with Gasteiger partial charge >= 0.3 is 0 Å². The second-order valence-corrected chi connectivity index (χ2v) is 5.73. The predicted octanol–water partition coefficient (Wildman–Crippen LogP) is 3.81. The van der Waals surface area contributed by atoms with E-state index in [2.05, 4.69) is 37.2 Å². The van der Waals surface area contributed by atoms with Crippen LogP contribution in [0.25, 0.3) is 0 Å². The molecule has 0 unspecified atom stereocenters. The Hall–Kier alpha value is -1.27. The lowest BCUT2D eigenvalue weighted by Gasteiger charge is -2.09. The molecule has 1 aromatic carbocycles. The smallest absolute Gasteiger partial charge is 0.272 e. The van der Waals surface area contributed by atoms with Crippen molar-refractivity contribution in [3.8, 4) is 5.75 Å². The van der Waals surface area contributed by atoms with E-state index in [4.69, 9.17) is 4.74 Å². The number of carbonyl (C=O) groups is 1. The van der Waals surface area contributed by atoms with Crippen molar-refractivity contribution in [2.45, 2.75) is 0 Å². The number of hydrogen-bond donors (Lipinski definition) is 1. The molecular weight excluding hydrogens is 376 g/mol. The second kappa shape index (κ2) is 5.79. The highest BCUT2D eigenvalue weighted by atomic mass is 79.9. The third-order valence-corrected chi connectivity index (χ3v) is 3.70. The molecule has 0 aliphatic carbocycles. The van der Waals surface area contributed by atoms with Crippen LogP contribution in [0.15, 0.2) is 39.4 Å². The monoisotopic (exact) mass is 386 g/mol. The molecule has 1 amide bonds. The number of anilines is 1. The lowest BCUT2D eigenvalue weighted by Crippen LogP contribution is -2.15. The normalized spacial score (nSPS) is 10.3. The number of ether oxygens (including phenoxy) is 1. The third kappa shape index (κ3) is 3.19. The number of methoxy groups -OCH3 is 1. The fraction of sp³-hybridized carbons (Fsp3) is 0.154. The van der Waals surface area contributed by atoms with Crippen LogP contribution in [0.2, 0.25) is 0 Å². The standard InChI is InChI=1S/C13H12Br2N2O2/c1-17-7-8(14)5-11(17)13(18)16-9-3-4-10(15)12(6-9)19-2/h3-7H,1-2H3,(H,16,18). The van der Waals surface area contributed by atoms with Crippen molar-refractivity contribution in [1.29, 1.82) is 0 Å². The minimum absolute atomic E-state index is 0.169. The Morgan fingerprint density at radius 2 is 2.05 bits per heavy atom. The minimum Gasteiger partial charge on any atom is -0.495 e. The highest BCUT2D eigenvalue weighted by Gasteiger charge is 2.12. The van der Waals surface area contributed by atoms with Gasteiger partial charge in [-0.3, -0.25) is 4.79 Å². The van der Waals surface area contributed by atoms with E-state index < -0.39 is 0 Å². The number of halogens is 2. The van der Waals surface area contributed by atoms with Gasteiger partial charge in [0, 0.05) is 29.5 Å². The van der Waals surface area contributed by atoms with E-state index in [0.29, 0.717) is 17.1 Å². The molecule has 2 aromatic rings. The molecule has 0 saturated carbocycles. The van der Waals surface area contributed by atoms with Gasteiger partial charge in [0.15, 0.2) is 0 Å². The quantitative estimate of drug-likeness (QED) is 0.870. The predicted molar refractivity (Wildman–Crippen MR) is 81.8 cm³/mol. The van der Waals surface area contributed by atoms with Crippen LogP contribution in [0, 0.1) is 0 Å². The second-order valence-electron chi connectivity index (χ2n) is 3.96. The van der Waals surface area contributed by atoms with Crippen LogP contribution in [-0.2, 0) is 7.05 Å². The fourth-order valence-electron chi connectivity index (χ4n) is 1.68. The van der Waals surface area contributed by atoms with Gasteiger partial charge in [0.2, 0.25) is 0 Å². The Kier molecular flexibility index (Phi) is 4.31. The highest BCUT2D eigenvalue weighted by Crippen LogP contribution is 2.28. The minimum atomic E-state index is -0.169. The molecule has 0 spiro atoms. The molecule has 0 bridgehead atoms. The van der Waals surface area contributed by atoms with E-state index in [1.165, 1.54) is 0 Å². The van der Waals surface area contributed by atoms with Crippen LogP contribution in [0.4, 0.5) is 5.69 Å². The maximum absolute atomic E-state index is 12.1. The average molecular weight is 388 g/mol. The Balaban J connectivity index is 2.21. The summed E-state index contributed by atoms with van der Waals surface area (Å²) in [5.74, 6) is 0.503. The summed E-state index contributed by atoms with van der Waals surface area (Å²) in [6, 6.07) is 7.17. The molecule has 0 aliphatic heterocycles. The highest BCUT2D eigenvalue weighted by molar-refractivity contribution is 9.10. The van der Waals surface area contributed by atoms with Crippen molar-refractivity contribution in [1.82, 2.24) is 4.57 Å². The van der Waals surface area contributed by atoms with Gasteiger partial charge in [-0.05, 0) is 50.1 Å². The fourth-order valence-corrected chi connectivity index (χ4v) is 2.62.